The monoisotopic (exact) mass is 295 g/mol. The fraction of sp³-hybridized carbons (Fsp3) is 0.273. The third kappa shape index (κ3) is 3.12. The maximum absolute atomic E-state index is 5.56. The first-order chi connectivity index (χ1) is 8.19. The van der Waals surface area contributed by atoms with Gasteiger partial charge in [-0.05, 0) is 28.1 Å². The van der Waals surface area contributed by atoms with E-state index in [0.29, 0.717) is 6.42 Å². The smallest absolute Gasteiger partial charge is 0.0947 e. The van der Waals surface area contributed by atoms with E-state index in [1.165, 1.54) is 0 Å². The van der Waals surface area contributed by atoms with Gasteiger partial charge in [0.15, 0.2) is 0 Å². The Bertz CT molecular complexity index is 479. The van der Waals surface area contributed by atoms with Crippen molar-refractivity contribution in [3.8, 4) is 0 Å². The molecule has 0 aliphatic rings. The van der Waals surface area contributed by atoms with Crippen molar-refractivity contribution in [2.75, 3.05) is 0 Å². The molecule has 2 rings (SSSR count). The number of hydrogen-bond donors (Lipinski definition) is 2. The summed E-state index contributed by atoms with van der Waals surface area (Å²) in [6.07, 6.45) is 6.19. The van der Waals surface area contributed by atoms with E-state index in [2.05, 4.69) is 31.3 Å². The SMILES string of the molecule is Cn1cnc(C(Cc2ccc(Br)cn2)NN)c1. The normalized spacial score (nSPS) is 12.6. The molecule has 2 aromatic rings. The Balaban J connectivity index is 2.12. The number of rotatable bonds is 4. The van der Waals surface area contributed by atoms with Crippen LogP contribution in [0.15, 0.2) is 35.3 Å². The molecule has 5 nitrogen and oxygen atoms in total. The van der Waals surface area contributed by atoms with E-state index in [4.69, 9.17) is 5.84 Å². The van der Waals surface area contributed by atoms with Crippen LogP contribution in [0.2, 0.25) is 0 Å². The van der Waals surface area contributed by atoms with Crippen molar-refractivity contribution in [3.63, 3.8) is 0 Å². The second-order valence-electron chi connectivity index (χ2n) is 3.86. The molecular weight excluding hydrogens is 282 g/mol. The Morgan fingerprint density at radius 2 is 2.29 bits per heavy atom. The summed E-state index contributed by atoms with van der Waals surface area (Å²) in [5, 5.41) is 0. The lowest BCUT2D eigenvalue weighted by Crippen LogP contribution is -2.30. The quantitative estimate of drug-likeness (QED) is 0.659. The number of nitrogens with two attached hydrogens (primary N) is 1. The lowest BCUT2D eigenvalue weighted by molar-refractivity contribution is 0.534. The fourth-order valence-corrected chi connectivity index (χ4v) is 1.83. The predicted molar refractivity (Wildman–Crippen MR) is 68.9 cm³/mol. The first kappa shape index (κ1) is 12.2. The number of pyridine rings is 1. The second-order valence-corrected chi connectivity index (χ2v) is 4.77. The first-order valence-corrected chi connectivity index (χ1v) is 6.03. The van der Waals surface area contributed by atoms with Gasteiger partial charge in [0.2, 0.25) is 0 Å². The van der Waals surface area contributed by atoms with Crippen molar-refractivity contribution in [2.24, 2.45) is 12.9 Å². The number of nitrogens with zero attached hydrogens (tertiary/aromatic N) is 3. The molecule has 3 N–H and O–H groups in total. The molecule has 0 aromatic carbocycles. The molecule has 0 saturated heterocycles. The minimum absolute atomic E-state index is 0.0233. The van der Waals surface area contributed by atoms with Crippen LogP contribution >= 0.6 is 15.9 Å². The first-order valence-electron chi connectivity index (χ1n) is 5.23. The summed E-state index contributed by atoms with van der Waals surface area (Å²) < 4.78 is 2.87. The number of nitrogens with one attached hydrogen (secondary N) is 1. The average Bonchev–Trinajstić information content (AvgIpc) is 2.75. The van der Waals surface area contributed by atoms with E-state index in [-0.39, 0.29) is 6.04 Å². The van der Waals surface area contributed by atoms with Gasteiger partial charge in [0, 0.05) is 36.0 Å². The third-order valence-corrected chi connectivity index (χ3v) is 2.95. The van der Waals surface area contributed by atoms with Crippen molar-refractivity contribution in [2.45, 2.75) is 12.5 Å². The van der Waals surface area contributed by atoms with Gasteiger partial charge < -0.3 is 4.57 Å². The minimum atomic E-state index is -0.0233. The molecule has 1 atom stereocenters. The Hall–Kier alpha value is -1.24. The Morgan fingerprint density at radius 3 is 2.82 bits per heavy atom. The molecule has 2 aromatic heterocycles. The van der Waals surface area contributed by atoms with Gasteiger partial charge in [0.25, 0.3) is 0 Å². The van der Waals surface area contributed by atoms with Gasteiger partial charge in [-0.1, -0.05) is 0 Å². The number of imidazole rings is 1. The van der Waals surface area contributed by atoms with Crippen molar-refractivity contribution >= 4 is 15.9 Å². The molecule has 0 aliphatic heterocycles. The zero-order chi connectivity index (χ0) is 12.3. The fourth-order valence-electron chi connectivity index (χ4n) is 1.60. The predicted octanol–water partition coefficient (Wildman–Crippen LogP) is 1.32. The van der Waals surface area contributed by atoms with Gasteiger partial charge in [0.1, 0.15) is 0 Å². The summed E-state index contributed by atoms with van der Waals surface area (Å²) in [5.74, 6) is 5.56. The highest BCUT2D eigenvalue weighted by molar-refractivity contribution is 9.10. The summed E-state index contributed by atoms with van der Waals surface area (Å²) in [5.41, 5.74) is 4.66. The lowest BCUT2D eigenvalue weighted by atomic mass is 10.1. The summed E-state index contributed by atoms with van der Waals surface area (Å²) in [6, 6.07) is 3.91. The van der Waals surface area contributed by atoms with Gasteiger partial charge in [-0.15, -0.1) is 0 Å². The second kappa shape index (κ2) is 5.39. The topological polar surface area (TPSA) is 68.8 Å². The van der Waals surface area contributed by atoms with Crippen LogP contribution < -0.4 is 11.3 Å². The highest BCUT2D eigenvalue weighted by atomic mass is 79.9. The van der Waals surface area contributed by atoms with Crippen LogP contribution in [-0.4, -0.2) is 14.5 Å². The lowest BCUT2D eigenvalue weighted by Gasteiger charge is -2.12. The Morgan fingerprint density at radius 1 is 1.47 bits per heavy atom. The van der Waals surface area contributed by atoms with E-state index in [1.54, 1.807) is 12.5 Å². The molecular formula is C11H14BrN5. The molecule has 90 valence electrons. The van der Waals surface area contributed by atoms with Crippen LogP contribution in [0, 0.1) is 0 Å². The molecule has 1 unspecified atom stereocenters. The van der Waals surface area contributed by atoms with E-state index < -0.39 is 0 Å². The molecule has 2 heterocycles. The maximum Gasteiger partial charge on any atom is 0.0947 e. The van der Waals surface area contributed by atoms with Gasteiger partial charge in [0.05, 0.1) is 18.1 Å². The standard InChI is InChI=1S/C11H14BrN5/c1-17-6-11(15-7-17)10(16-13)4-9-3-2-8(12)5-14-9/h2-3,5-7,10,16H,4,13H2,1H3. The zero-order valence-electron chi connectivity index (χ0n) is 9.47. The highest BCUT2D eigenvalue weighted by Gasteiger charge is 2.13. The van der Waals surface area contributed by atoms with E-state index in [0.717, 1.165) is 15.9 Å². The average molecular weight is 296 g/mol. The number of hydrazine groups is 1. The molecule has 17 heavy (non-hydrogen) atoms. The number of aromatic nitrogens is 3. The number of halogens is 1. The summed E-state index contributed by atoms with van der Waals surface area (Å²) in [7, 11) is 1.93. The van der Waals surface area contributed by atoms with Gasteiger partial charge in [-0.25, -0.2) is 4.98 Å². The van der Waals surface area contributed by atoms with E-state index in [1.807, 2.05) is 29.9 Å². The summed E-state index contributed by atoms with van der Waals surface area (Å²) in [4.78, 5) is 8.61. The van der Waals surface area contributed by atoms with Crippen LogP contribution in [0.4, 0.5) is 0 Å². The van der Waals surface area contributed by atoms with Crippen molar-refractivity contribution in [3.05, 3.63) is 46.7 Å². The molecule has 0 aliphatic carbocycles. The van der Waals surface area contributed by atoms with Crippen LogP contribution in [0.5, 0.6) is 0 Å². The van der Waals surface area contributed by atoms with Crippen molar-refractivity contribution in [1.82, 2.24) is 20.0 Å². The van der Waals surface area contributed by atoms with E-state index in [9.17, 15) is 0 Å². The van der Waals surface area contributed by atoms with Gasteiger partial charge in [-0.3, -0.25) is 16.3 Å². The van der Waals surface area contributed by atoms with Gasteiger partial charge >= 0.3 is 0 Å². The van der Waals surface area contributed by atoms with Gasteiger partial charge in [-0.2, -0.15) is 0 Å². The summed E-state index contributed by atoms with van der Waals surface area (Å²) in [6.45, 7) is 0. The van der Waals surface area contributed by atoms with Crippen molar-refractivity contribution in [1.29, 1.82) is 0 Å². The zero-order valence-corrected chi connectivity index (χ0v) is 11.1. The molecule has 0 fully saturated rings. The Kier molecular flexibility index (Phi) is 3.88. The maximum atomic E-state index is 5.56. The van der Waals surface area contributed by atoms with Crippen LogP contribution in [0.1, 0.15) is 17.4 Å². The summed E-state index contributed by atoms with van der Waals surface area (Å²) >= 11 is 3.36. The van der Waals surface area contributed by atoms with E-state index >= 15 is 0 Å². The molecule has 0 bridgehead atoms. The third-order valence-electron chi connectivity index (χ3n) is 2.48. The molecule has 0 amide bonds. The van der Waals surface area contributed by atoms with Crippen LogP contribution in [-0.2, 0) is 13.5 Å². The van der Waals surface area contributed by atoms with Crippen LogP contribution in [0.3, 0.4) is 0 Å². The Labute approximate surface area is 108 Å². The minimum Gasteiger partial charge on any atom is -0.340 e. The van der Waals surface area contributed by atoms with Crippen LogP contribution in [0.25, 0.3) is 0 Å². The molecule has 6 heteroatoms. The molecule has 0 spiro atoms. The number of hydrogen-bond acceptors (Lipinski definition) is 4. The molecule has 0 saturated carbocycles. The highest BCUT2D eigenvalue weighted by Crippen LogP contribution is 2.15. The number of aryl methyl sites for hydroxylation is 1. The largest absolute Gasteiger partial charge is 0.340 e. The van der Waals surface area contributed by atoms with Crippen molar-refractivity contribution < 1.29 is 0 Å². The molecule has 0 radical (unpaired) electrons.